The Labute approximate surface area is 123 Å². The van der Waals surface area contributed by atoms with Crippen molar-refractivity contribution in [2.24, 2.45) is 5.92 Å². The molecular formula is C15H21BrN2O. The molecule has 0 bridgehead atoms. The first-order chi connectivity index (χ1) is 9.13. The van der Waals surface area contributed by atoms with Gasteiger partial charge in [0.25, 0.3) is 0 Å². The predicted molar refractivity (Wildman–Crippen MR) is 82.3 cm³/mol. The molecule has 1 amide bonds. The number of carbonyl (C=O) groups is 1. The van der Waals surface area contributed by atoms with Crippen LogP contribution >= 0.6 is 15.9 Å². The SMILES string of the molecule is Cc1cc(Br)cc(NC(=O)CCC2CCCNC2)c1. The van der Waals surface area contributed by atoms with Crippen LogP contribution in [0.25, 0.3) is 0 Å². The van der Waals surface area contributed by atoms with E-state index >= 15 is 0 Å². The molecule has 1 unspecified atom stereocenters. The summed E-state index contributed by atoms with van der Waals surface area (Å²) in [6.07, 6.45) is 4.07. The van der Waals surface area contributed by atoms with Gasteiger partial charge in [-0.05, 0) is 69.0 Å². The number of amides is 1. The first-order valence-corrected chi connectivity index (χ1v) is 7.70. The molecule has 0 radical (unpaired) electrons. The van der Waals surface area contributed by atoms with E-state index in [1.165, 1.54) is 12.8 Å². The van der Waals surface area contributed by atoms with Crippen molar-refractivity contribution in [3.05, 3.63) is 28.2 Å². The van der Waals surface area contributed by atoms with Crippen molar-refractivity contribution in [3.63, 3.8) is 0 Å². The third-order valence-corrected chi connectivity index (χ3v) is 3.96. The second-order valence-corrected chi connectivity index (χ2v) is 6.23. The van der Waals surface area contributed by atoms with Crippen LogP contribution in [0.3, 0.4) is 0 Å². The fourth-order valence-electron chi connectivity index (χ4n) is 2.54. The number of rotatable bonds is 4. The van der Waals surface area contributed by atoms with Crippen molar-refractivity contribution in [3.8, 4) is 0 Å². The summed E-state index contributed by atoms with van der Waals surface area (Å²) in [5.74, 6) is 0.770. The fraction of sp³-hybridized carbons (Fsp3) is 0.533. The highest BCUT2D eigenvalue weighted by Gasteiger charge is 2.14. The number of hydrogen-bond donors (Lipinski definition) is 2. The summed E-state index contributed by atoms with van der Waals surface area (Å²) in [5.41, 5.74) is 2.01. The Morgan fingerprint density at radius 1 is 1.47 bits per heavy atom. The normalized spacial score (nSPS) is 19.2. The van der Waals surface area contributed by atoms with Gasteiger partial charge in [-0.15, -0.1) is 0 Å². The predicted octanol–water partition coefficient (Wildman–Crippen LogP) is 3.48. The standard InChI is InChI=1S/C15H21BrN2O/c1-11-7-13(16)9-14(8-11)18-15(19)5-4-12-3-2-6-17-10-12/h7-9,12,17H,2-6,10H2,1H3,(H,18,19). The number of anilines is 1. The molecule has 1 saturated heterocycles. The van der Waals surface area contributed by atoms with E-state index in [1.54, 1.807) is 0 Å². The number of piperidine rings is 1. The van der Waals surface area contributed by atoms with Gasteiger partial charge in [0, 0.05) is 16.6 Å². The van der Waals surface area contributed by atoms with Crippen LogP contribution in [-0.4, -0.2) is 19.0 Å². The second-order valence-electron chi connectivity index (χ2n) is 5.32. The number of carbonyl (C=O) groups excluding carboxylic acids is 1. The van der Waals surface area contributed by atoms with E-state index in [4.69, 9.17) is 0 Å². The van der Waals surface area contributed by atoms with Crippen molar-refractivity contribution in [2.45, 2.75) is 32.6 Å². The van der Waals surface area contributed by atoms with Crippen molar-refractivity contribution < 1.29 is 4.79 Å². The molecule has 0 saturated carbocycles. The Kier molecular flexibility index (Phi) is 5.40. The highest BCUT2D eigenvalue weighted by Crippen LogP contribution is 2.20. The summed E-state index contributed by atoms with van der Waals surface area (Å²) in [4.78, 5) is 11.9. The molecule has 1 aromatic rings. The maximum Gasteiger partial charge on any atom is 0.224 e. The number of halogens is 1. The maximum absolute atomic E-state index is 11.9. The topological polar surface area (TPSA) is 41.1 Å². The molecule has 0 aliphatic carbocycles. The van der Waals surface area contributed by atoms with Gasteiger partial charge in [-0.3, -0.25) is 4.79 Å². The van der Waals surface area contributed by atoms with Gasteiger partial charge >= 0.3 is 0 Å². The average molecular weight is 325 g/mol. The minimum atomic E-state index is 0.114. The summed E-state index contributed by atoms with van der Waals surface area (Å²) in [7, 11) is 0. The third-order valence-electron chi connectivity index (χ3n) is 3.50. The molecular weight excluding hydrogens is 304 g/mol. The lowest BCUT2D eigenvalue weighted by Crippen LogP contribution is -2.30. The number of hydrogen-bond acceptors (Lipinski definition) is 2. The van der Waals surface area contributed by atoms with E-state index in [-0.39, 0.29) is 5.91 Å². The van der Waals surface area contributed by atoms with E-state index in [2.05, 4.69) is 26.6 Å². The highest BCUT2D eigenvalue weighted by molar-refractivity contribution is 9.10. The van der Waals surface area contributed by atoms with Crippen molar-refractivity contribution in [1.29, 1.82) is 0 Å². The summed E-state index contributed by atoms with van der Waals surface area (Å²) >= 11 is 3.44. The maximum atomic E-state index is 11.9. The Morgan fingerprint density at radius 3 is 3.00 bits per heavy atom. The Balaban J connectivity index is 1.80. The molecule has 19 heavy (non-hydrogen) atoms. The van der Waals surface area contributed by atoms with E-state index in [9.17, 15) is 4.79 Å². The van der Waals surface area contributed by atoms with Gasteiger partial charge < -0.3 is 10.6 Å². The summed E-state index contributed by atoms with van der Waals surface area (Å²) in [6.45, 7) is 4.21. The number of aryl methyl sites for hydroxylation is 1. The van der Waals surface area contributed by atoms with Crippen LogP contribution in [0.15, 0.2) is 22.7 Å². The van der Waals surface area contributed by atoms with Gasteiger partial charge in [0.2, 0.25) is 5.91 Å². The molecule has 3 nitrogen and oxygen atoms in total. The smallest absolute Gasteiger partial charge is 0.224 e. The van der Waals surface area contributed by atoms with E-state index in [1.807, 2.05) is 25.1 Å². The molecule has 1 aromatic carbocycles. The van der Waals surface area contributed by atoms with Gasteiger partial charge in [0.15, 0.2) is 0 Å². The zero-order valence-corrected chi connectivity index (χ0v) is 12.9. The third kappa shape index (κ3) is 4.96. The minimum absolute atomic E-state index is 0.114. The van der Waals surface area contributed by atoms with Gasteiger partial charge in [0.05, 0.1) is 0 Å². The van der Waals surface area contributed by atoms with Crippen LogP contribution in [0.1, 0.15) is 31.2 Å². The van der Waals surface area contributed by atoms with Crippen molar-refractivity contribution in [1.82, 2.24) is 5.32 Å². The molecule has 104 valence electrons. The lowest BCUT2D eigenvalue weighted by Gasteiger charge is -2.22. The molecule has 0 aromatic heterocycles. The van der Waals surface area contributed by atoms with E-state index < -0.39 is 0 Å². The molecule has 0 spiro atoms. The highest BCUT2D eigenvalue weighted by atomic mass is 79.9. The van der Waals surface area contributed by atoms with Gasteiger partial charge in [-0.1, -0.05) is 15.9 Å². The van der Waals surface area contributed by atoms with Gasteiger partial charge in [-0.25, -0.2) is 0 Å². The van der Waals surface area contributed by atoms with Crippen LogP contribution in [0.5, 0.6) is 0 Å². The quantitative estimate of drug-likeness (QED) is 0.890. The molecule has 1 aliphatic rings. The Bertz CT molecular complexity index is 422. The molecule has 2 N–H and O–H groups in total. The van der Waals surface area contributed by atoms with Crippen LogP contribution in [0, 0.1) is 12.8 Å². The number of nitrogens with one attached hydrogen (secondary N) is 2. The van der Waals surface area contributed by atoms with Crippen LogP contribution in [-0.2, 0) is 4.79 Å². The first kappa shape index (κ1) is 14.5. The summed E-state index contributed by atoms with van der Waals surface area (Å²) in [6, 6.07) is 5.96. The van der Waals surface area contributed by atoms with Crippen molar-refractivity contribution in [2.75, 3.05) is 18.4 Å². The molecule has 1 atom stereocenters. The molecule has 1 heterocycles. The van der Waals surface area contributed by atoms with E-state index in [0.29, 0.717) is 12.3 Å². The van der Waals surface area contributed by atoms with Gasteiger partial charge in [-0.2, -0.15) is 0 Å². The van der Waals surface area contributed by atoms with Gasteiger partial charge in [0.1, 0.15) is 0 Å². The summed E-state index contributed by atoms with van der Waals surface area (Å²) in [5, 5.41) is 6.36. The first-order valence-electron chi connectivity index (χ1n) is 6.91. The largest absolute Gasteiger partial charge is 0.326 e. The molecule has 4 heteroatoms. The van der Waals surface area contributed by atoms with Crippen LogP contribution in [0.2, 0.25) is 0 Å². The molecule has 2 rings (SSSR count). The van der Waals surface area contributed by atoms with Crippen LogP contribution < -0.4 is 10.6 Å². The Hall–Kier alpha value is -0.870. The van der Waals surface area contributed by atoms with E-state index in [0.717, 1.165) is 35.2 Å². The molecule has 1 fully saturated rings. The lowest BCUT2D eigenvalue weighted by atomic mass is 9.94. The summed E-state index contributed by atoms with van der Waals surface area (Å²) < 4.78 is 0.999. The lowest BCUT2D eigenvalue weighted by molar-refractivity contribution is -0.116. The minimum Gasteiger partial charge on any atom is -0.326 e. The second kappa shape index (κ2) is 7.06. The van der Waals surface area contributed by atoms with Crippen LogP contribution in [0.4, 0.5) is 5.69 Å². The number of benzene rings is 1. The molecule has 1 aliphatic heterocycles. The fourth-order valence-corrected chi connectivity index (χ4v) is 3.15. The van der Waals surface area contributed by atoms with Crippen molar-refractivity contribution >= 4 is 27.5 Å². The monoisotopic (exact) mass is 324 g/mol. The zero-order valence-electron chi connectivity index (χ0n) is 11.3. The zero-order chi connectivity index (χ0) is 13.7. The average Bonchev–Trinajstić information content (AvgIpc) is 2.36. The Morgan fingerprint density at radius 2 is 2.32 bits per heavy atom.